The van der Waals surface area contributed by atoms with E-state index in [4.69, 9.17) is 5.73 Å². The summed E-state index contributed by atoms with van der Waals surface area (Å²) in [6.07, 6.45) is 11.2. The monoisotopic (exact) mass is 337 g/mol. The van der Waals surface area contributed by atoms with Crippen LogP contribution in [0.5, 0.6) is 0 Å². The molecule has 1 amide bonds. The van der Waals surface area contributed by atoms with Crippen molar-refractivity contribution < 1.29 is 4.79 Å². The zero-order valence-corrected chi connectivity index (χ0v) is 14.8. The molecule has 2 N–H and O–H groups in total. The fourth-order valence-corrected chi connectivity index (χ4v) is 4.78. The molecule has 0 spiro atoms. The number of pyridine rings is 1. The fourth-order valence-electron chi connectivity index (χ4n) is 4.78. The molecule has 1 aliphatic heterocycles. The standard InChI is InChI=1S/C21H27N3O/c22-15-21(9-4-10-21)19-7-1-2-12-24(19)20(25)13-16-5-3-6-17-14-23-11-8-18(16)17/h3,5-6,8,11,14,19H,1-2,4,7,9-10,12-13,15,22H2. The van der Waals surface area contributed by atoms with Crippen LogP contribution in [0.25, 0.3) is 10.8 Å². The molecule has 1 saturated heterocycles. The Kier molecular flexibility index (Phi) is 4.46. The summed E-state index contributed by atoms with van der Waals surface area (Å²) < 4.78 is 0. The van der Waals surface area contributed by atoms with Gasteiger partial charge in [0.15, 0.2) is 0 Å². The van der Waals surface area contributed by atoms with Crippen molar-refractivity contribution in [2.75, 3.05) is 13.1 Å². The average molecular weight is 337 g/mol. The molecule has 1 atom stereocenters. The van der Waals surface area contributed by atoms with Crippen molar-refractivity contribution in [1.29, 1.82) is 0 Å². The van der Waals surface area contributed by atoms with Crippen LogP contribution in [-0.2, 0) is 11.2 Å². The maximum Gasteiger partial charge on any atom is 0.227 e. The first kappa shape index (κ1) is 16.5. The molecule has 2 aliphatic rings. The lowest BCUT2D eigenvalue weighted by molar-refractivity contribution is -0.140. The van der Waals surface area contributed by atoms with Crippen molar-refractivity contribution in [3.8, 4) is 0 Å². The van der Waals surface area contributed by atoms with Crippen LogP contribution in [0.3, 0.4) is 0 Å². The zero-order chi connectivity index (χ0) is 17.3. The van der Waals surface area contributed by atoms with Gasteiger partial charge in [0.2, 0.25) is 5.91 Å². The summed E-state index contributed by atoms with van der Waals surface area (Å²) in [5, 5.41) is 2.23. The maximum absolute atomic E-state index is 13.2. The van der Waals surface area contributed by atoms with Crippen LogP contribution in [0, 0.1) is 5.41 Å². The third-order valence-electron chi connectivity index (χ3n) is 6.40. The van der Waals surface area contributed by atoms with Crippen LogP contribution >= 0.6 is 0 Å². The summed E-state index contributed by atoms with van der Waals surface area (Å²) in [7, 11) is 0. The number of aromatic nitrogens is 1. The summed E-state index contributed by atoms with van der Waals surface area (Å²) in [4.78, 5) is 19.5. The molecule has 25 heavy (non-hydrogen) atoms. The van der Waals surface area contributed by atoms with Gasteiger partial charge < -0.3 is 10.6 Å². The molecule has 4 nitrogen and oxygen atoms in total. The molecule has 1 aliphatic carbocycles. The first-order chi connectivity index (χ1) is 12.2. The normalized spacial score (nSPS) is 22.6. The van der Waals surface area contributed by atoms with Crippen molar-refractivity contribution in [2.24, 2.45) is 11.1 Å². The van der Waals surface area contributed by atoms with Gasteiger partial charge in [0, 0.05) is 35.8 Å². The van der Waals surface area contributed by atoms with Gasteiger partial charge in [-0.15, -0.1) is 0 Å². The van der Waals surface area contributed by atoms with Gasteiger partial charge in [0.05, 0.1) is 6.42 Å². The van der Waals surface area contributed by atoms with E-state index in [1.807, 2.05) is 18.3 Å². The molecule has 1 aromatic heterocycles. The highest BCUT2D eigenvalue weighted by atomic mass is 16.2. The van der Waals surface area contributed by atoms with Crippen molar-refractivity contribution in [3.63, 3.8) is 0 Å². The Hall–Kier alpha value is -1.94. The number of hydrogen-bond acceptors (Lipinski definition) is 3. The van der Waals surface area contributed by atoms with Gasteiger partial charge >= 0.3 is 0 Å². The number of carbonyl (C=O) groups excluding carboxylic acids is 1. The lowest BCUT2D eigenvalue weighted by Gasteiger charge is -2.53. The lowest BCUT2D eigenvalue weighted by Crippen LogP contribution is -2.58. The SMILES string of the molecule is NCC1(C2CCCCN2C(=O)Cc2cccc3cnccc23)CCC1. The van der Waals surface area contributed by atoms with E-state index >= 15 is 0 Å². The second-order valence-corrected chi connectivity index (χ2v) is 7.71. The number of nitrogens with two attached hydrogens (primary N) is 1. The topological polar surface area (TPSA) is 59.2 Å². The Balaban J connectivity index is 1.58. The number of hydrogen-bond donors (Lipinski definition) is 1. The van der Waals surface area contributed by atoms with E-state index in [1.54, 1.807) is 6.20 Å². The molecular formula is C21H27N3O. The molecule has 1 saturated carbocycles. The second kappa shape index (κ2) is 6.75. The fraction of sp³-hybridized carbons (Fsp3) is 0.524. The number of piperidine rings is 1. The average Bonchev–Trinajstić information content (AvgIpc) is 2.62. The third-order valence-corrected chi connectivity index (χ3v) is 6.40. The lowest BCUT2D eigenvalue weighted by atomic mass is 9.62. The first-order valence-electron chi connectivity index (χ1n) is 9.55. The Morgan fingerprint density at radius 3 is 2.88 bits per heavy atom. The van der Waals surface area contributed by atoms with E-state index in [-0.39, 0.29) is 11.3 Å². The van der Waals surface area contributed by atoms with Crippen molar-refractivity contribution in [2.45, 2.75) is 51.0 Å². The molecular weight excluding hydrogens is 310 g/mol. The van der Waals surface area contributed by atoms with Crippen molar-refractivity contribution in [3.05, 3.63) is 42.2 Å². The van der Waals surface area contributed by atoms with Gasteiger partial charge in [-0.1, -0.05) is 24.6 Å². The van der Waals surface area contributed by atoms with Crippen LogP contribution in [0.1, 0.15) is 44.1 Å². The van der Waals surface area contributed by atoms with Gasteiger partial charge in [-0.3, -0.25) is 9.78 Å². The van der Waals surface area contributed by atoms with Crippen LogP contribution in [0.4, 0.5) is 0 Å². The molecule has 2 heterocycles. The van der Waals surface area contributed by atoms with E-state index in [2.05, 4.69) is 22.0 Å². The predicted octanol–water partition coefficient (Wildman–Crippen LogP) is 3.29. The molecule has 2 fully saturated rings. The van der Waals surface area contributed by atoms with Gasteiger partial charge in [-0.05, 0) is 55.7 Å². The van der Waals surface area contributed by atoms with Gasteiger partial charge in [-0.25, -0.2) is 0 Å². The Labute approximate surface area is 149 Å². The summed E-state index contributed by atoms with van der Waals surface area (Å²) in [5.74, 6) is 0.258. The van der Waals surface area contributed by atoms with Gasteiger partial charge in [0.25, 0.3) is 0 Å². The number of fused-ring (bicyclic) bond motifs is 1. The van der Waals surface area contributed by atoms with E-state index in [9.17, 15) is 4.79 Å². The summed E-state index contributed by atoms with van der Waals surface area (Å²) in [6, 6.07) is 8.50. The van der Waals surface area contributed by atoms with E-state index < -0.39 is 0 Å². The highest BCUT2D eigenvalue weighted by molar-refractivity contribution is 5.89. The van der Waals surface area contributed by atoms with Gasteiger partial charge in [-0.2, -0.15) is 0 Å². The minimum atomic E-state index is 0.179. The Morgan fingerprint density at radius 2 is 2.12 bits per heavy atom. The maximum atomic E-state index is 13.2. The number of amides is 1. The smallest absolute Gasteiger partial charge is 0.227 e. The molecule has 132 valence electrons. The highest BCUT2D eigenvalue weighted by Gasteiger charge is 2.47. The van der Waals surface area contributed by atoms with Crippen molar-refractivity contribution in [1.82, 2.24) is 9.88 Å². The number of benzene rings is 1. The third kappa shape index (κ3) is 2.93. The predicted molar refractivity (Wildman–Crippen MR) is 100 cm³/mol. The van der Waals surface area contributed by atoms with Gasteiger partial charge in [0.1, 0.15) is 0 Å². The second-order valence-electron chi connectivity index (χ2n) is 7.71. The molecule has 1 aromatic carbocycles. The van der Waals surface area contributed by atoms with E-state index in [0.717, 1.165) is 35.7 Å². The zero-order valence-electron chi connectivity index (χ0n) is 14.8. The molecule has 1 unspecified atom stereocenters. The van der Waals surface area contributed by atoms with E-state index in [0.29, 0.717) is 19.0 Å². The summed E-state index contributed by atoms with van der Waals surface area (Å²) in [6.45, 7) is 1.60. The largest absolute Gasteiger partial charge is 0.339 e. The highest BCUT2D eigenvalue weighted by Crippen LogP contribution is 2.47. The number of likely N-dealkylation sites (tertiary alicyclic amines) is 1. The van der Waals surface area contributed by atoms with Crippen LogP contribution in [0.15, 0.2) is 36.7 Å². The molecule has 2 aromatic rings. The van der Waals surface area contributed by atoms with Crippen LogP contribution < -0.4 is 5.73 Å². The minimum absolute atomic E-state index is 0.179. The quantitative estimate of drug-likeness (QED) is 0.931. The number of nitrogens with zero attached hydrogens (tertiary/aromatic N) is 2. The number of rotatable bonds is 4. The first-order valence-corrected chi connectivity index (χ1v) is 9.55. The Bertz CT molecular complexity index is 758. The van der Waals surface area contributed by atoms with Crippen LogP contribution in [-0.4, -0.2) is 34.9 Å². The summed E-state index contributed by atoms with van der Waals surface area (Å²) >= 11 is 0. The number of carbonyl (C=O) groups is 1. The molecule has 0 bridgehead atoms. The molecule has 4 rings (SSSR count). The Morgan fingerprint density at radius 1 is 1.24 bits per heavy atom. The molecule has 0 radical (unpaired) electrons. The van der Waals surface area contributed by atoms with Crippen LogP contribution in [0.2, 0.25) is 0 Å². The molecule has 4 heteroatoms. The summed E-state index contributed by atoms with van der Waals surface area (Å²) in [5.41, 5.74) is 7.42. The minimum Gasteiger partial charge on any atom is -0.339 e. The van der Waals surface area contributed by atoms with E-state index in [1.165, 1.54) is 25.7 Å². The van der Waals surface area contributed by atoms with Crippen molar-refractivity contribution >= 4 is 16.7 Å².